The van der Waals surface area contributed by atoms with Crippen molar-refractivity contribution in [1.82, 2.24) is 5.32 Å². The van der Waals surface area contributed by atoms with E-state index in [2.05, 4.69) is 52.9 Å². The molecule has 4 aliphatic carbocycles. The Morgan fingerprint density at radius 3 is 1.80 bits per heavy atom. The number of hydrogen-bond acceptors (Lipinski definition) is 8. The molecule has 9 heteroatoms. The van der Waals surface area contributed by atoms with Gasteiger partial charge in [-0.05, 0) is 168 Å². The Morgan fingerprint density at radius 2 is 1.17 bits per heavy atom. The number of fused-ring (bicyclic) bond motifs is 5. The van der Waals surface area contributed by atoms with E-state index in [0.29, 0.717) is 37.8 Å². The molecule has 11 atom stereocenters. The molecule has 0 heterocycles. The standard InChI is InChI=1S/C60H111NO8/c1-7-9-11-13-18-25-39-66-46-68-41-27-20-22-30-49(31-23-28-42-69-47-67-40-26-19-14-12-10-8-2)29-21-16-15-17-24-38-61-56(65)35-32-48(3)51-33-34-52-57-53(43-55(64)60(51,52)6)59(5)37-36-50(62)44-58(59,4)45-54(57)63/h29,48,50-55,57,62-64H,7-28,30-47H2,1-6H3,(H,61,65)/b49-29-/t48-,50-,51-,52?,53?,54-,55+,57+,58+,59-,60-/m1/s1. The Bertz CT molecular complexity index is 1380. The van der Waals surface area contributed by atoms with Gasteiger partial charge in [0.1, 0.15) is 13.6 Å². The molecular weight excluding hydrogens is 863 g/mol. The maximum absolute atomic E-state index is 13.1. The third-order valence-electron chi connectivity index (χ3n) is 18.8. The Labute approximate surface area is 424 Å². The fourth-order valence-electron chi connectivity index (χ4n) is 14.3. The molecule has 0 aromatic heterocycles. The summed E-state index contributed by atoms with van der Waals surface area (Å²) in [6.07, 6.45) is 38.0. The van der Waals surface area contributed by atoms with E-state index in [1.807, 2.05) is 0 Å². The van der Waals surface area contributed by atoms with E-state index >= 15 is 0 Å². The Kier molecular flexibility index (Phi) is 29.5. The highest BCUT2D eigenvalue weighted by Gasteiger charge is 2.68. The summed E-state index contributed by atoms with van der Waals surface area (Å²) in [6.45, 7) is 18.6. The number of hydrogen-bond donors (Lipinski definition) is 4. The lowest BCUT2D eigenvalue weighted by Gasteiger charge is -2.67. The van der Waals surface area contributed by atoms with Crippen molar-refractivity contribution in [2.24, 2.45) is 45.8 Å². The minimum atomic E-state index is -0.399. The molecule has 0 saturated heterocycles. The Morgan fingerprint density at radius 1 is 0.638 bits per heavy atom. The number of aliphatic hydroxyl groups excluding tert-OH is 3. The first kappa shape index (κ1) is 60.5. The van der Waals surface area contributed by atoms with Crippen molar-refractivity contribution in [2.75, 3.05) is 46.6 Å². The van der Waals surface area contributed by atoms with Crippen molar-refractivity contribution in [3.8, 4) is 0 Å². The Hall–Kier alpha value is -1.07. The zero-order valence-electron chi connectivity index (χ0n) is 45.9. The quantitative estimate of drug-likeness (QED) is 0.0272. The molecule has 404 valence electrons. The van der Waals surface area contributed by atoms with Crippen LogP contribution in [0, 0.1) is 45.8 Å². The number of amides is 1. The maximum Gasteiger partial charge on any atom is 0.220 e. The van der Waals surface area contributed by atoms with Crippen molar-refractivity contribution in [1.29, 1.82) is 0 Å². The normalized spacial score (nSPS) is 30.5. The van der Waals surface area contributed by atoms with Gasteiger partial charge < -0.3 is 39.6 Å². The van der Waals surface area contributed by atoms with Gasteiger partial charge in [0.25, 0.3) is 0 Å². The van der Waals surface area contributed by atoms with Gasteiger partial charge >= 0.3 is 0 Å². The zero-order chi connectivity index (χ0) is 49.8. The van der Waals surface area contributed by atoms with Crippen molar-refractivity contribution in [3.05, 3.63) is 11.6 Å². The van der Waals surface area contributed by atoms with Gasteiger partial charge in [0.2, 0.25) is 5.91 Å². The lowest BCUT2D eigenvalue weighted by molar-refractivity contribution is -0.233. The number of unbranched alkanes of at least 4 members (excludes halogenated alkanes) is 17. The molecule has 0 bridgehead atoms. The third-order valence-corrected chi connectivity index (χ3v) is 18.8. The first-order chi connectivity index (χ1) is 33.4. The summed E-state index contributed by atoms with van der Waals surface area (Å²) >= 11 is 0. The molecule has 4 saturated carbocycles. The third kappa shape index (κ3) is 19.6. The van der Waals surface area contributed by atoms with Gasteiger partial charge in [-0.1, -0.05) is 137 Å². The van der Waals surface area contributed by atoms with Crippen LogP contribution in [0.15, 0.2) is 11.6 Å². The summed E-state index contributed by atoms with van der Waals surface area (Å²) < 4.78 is 23.0. The summed E-state index contributed by atoms with van der Waals surface area (Å²) in [4.78, 5) is 13.1. The molecule has 4 rings (SSSR count). The van der Waals surface area contributed by atoms with Crippen LogP contribution in [-0.2, 0) is 23.7 Å². The fraction of sp³-hybridized carbons (Fsp3) is 0.950. The van der Waals surface area contributed by atoms with E-state index in [0.717, 1.165) is 149 Å². The molecule has 0 aliphatic heterocycles. The van der Waals surface area contributed by atoms with Gasteiger partial charge in [-0.2, -0.15) is 0 Å². The molecule has 1 amide bonds. The van der Waals surface area contributed by atoms with Crippen LogP contribution in [0.3, 0.4) is 0 Å². The highest BCUT2D eigenvalue weighted by Crippen LogP contribution is 2.71. The smallest absolute Gasteiger partial charge is 0.220 e. The summed E-state index contributed by atoms with van der Waals surface area (Å²) in [7, 11) is 0. The van der Waals surface area contributed by atoms with Crippen LogP contribution in [0.1, 0.15) is 253 Å². The number of aliphatic hydroxyl groups is 3. The fourth-order valence-corrected chi connectivity index (χ4v) is 14.3. The summed E-state index contributed by atoms with van der Waals surface area (Å²) in [5.41, 5.74) is 1.29. The van der Waals surface area contributed by atoms with Gasteiger partial charge in [0.05, 0.1) is 18.3 Å². The van der Waals surface area contributed by atoms with Crippen molar-refractivity contribution < 1.29 is 39.1 Å². The van der Waals surface area contributed by atoms with E-state index in [1.54, 1.807) is 5.57 Å². The van der Waals surface area contributed by atoms with Crippen LogP contribution in [-0.4, -0.2) is 86.1 Å². The predicted molar refractivity (Wildman–Crippen MR) is 284 cm³/mol. The van der Waals surface area contributed by atoms with Crippen LogP contribution in [0.2, 0.25) is 0 Å². The summed E-state index contributed by atoms with van der Waals surface area (Å²) in [6, 6.07) is 0. The zero-order valence-corrected chi connectivity index (χ0v) is 45.9. The molecule has 0 radical (unpaired) electrons. The van der Waals surface area contributed by atoms with Crippen LogP contribution >= 0.6 is 0 Å². The van der Waals surface area contributed by atoms with Crippen LogP contribution < -0.4 is 5.32 Å². The van der Waals surface area contributed by atoms with E-state index in [-0.39, 0.29) is 46.2 Å². The lowest BCUT2D eigenvalue weighted by atomic mass is 9.39. The number of allylic oxidation sites excluding steroid dienone is 2. The number of ether oxygens (including phenoxy) is 4. The van der Waals surface area contributed by atoms with Crippen molar-refractivity contribution in [3.63, 3.8) is 0 Å². The number of carbonyl (C=O) groups is 1. The maximum atomic E-state index is 13.1. The molecule has 4 N–H and O–H groups in total. The largest absolute Gasteiger partial charge is 0.393 e. The molecule has 0 aromatic rings. The summed E-state index contributed by atoms with van der Waals surface area (Å²) in [5, 5.41) is 37.7. The average Bonchev–Trinajstić information content (AvgIpc) is 3.69. The molecule has 0 spiro atoms. The molecule has 2 unspecified atom stereocenters. The molecule has 69 heavy (non-hydrogen) atoms. The molecule has 4 aliphatic rings. The SMILES string of the molecule is CCCCCCCCOCOCCCCC/C(=C/CCCCCCNC(=O)CC[C@@H](C)[C@H]1CCC2[C@H]3C(C[C@H](O)[C@@]21C)[C@@]1(C)CC[C@@H](O)C[C@@]1(C)C[C@H]3O)CCCCOCOCCCCCCCC. The van der Waals surface area contributed by atoms with Crippen molar-refractivity contribution in [2.45, 2.75) is 272 Å². The minimum absolute atomic E-state index is 0.0266. The van der Waals surface area contributed by atoms with E-state index in [4.69, 9.17) is 18.9 Å². The van der Waals surface area contributed by atoms with Crippen LogP contribution in [0.5, 0.6) is 0 Å². The minimum Gasteiger partial charge on any atom is -0.393 e. The highest BCUT2D eigenvalue weighted by atomic mass is 16.7. The van der Waals surface area contributed by atoms with Gasteiger partial charge in [-0.3, -0.25) is 4.79 Å². The van der Waals surface area contributed by atoms with Gasteiger partial charge in [0, 0.05) is 39.4 Å². The second kappa shape index (κ2) is 33.7. The van der Waals surface area contributed by atoms with E-state index in [1.165, 1.54) is 89.9 Å². The predicted octanol–water partition coefficient (Wildman–Crippen LogP) is 14.2. The second-order valence-corrected chi connectivity index (χ2v) is 23.8. The molecule has 4 fully saturated rings. The Balaban J connectivity index is 1.08. The van der Waals surface area contributed by atoms with Crippen molar-refractivity contribution >= 4 is 5.91 Å². The summed E-state index contributed by atoms with van der Waals surface area (Å²) in [5.74, 6) is 1.63. The number of nitrogens with one attached hydrogen (secondary N) is 1. The highest BCUT2D eigenvalue weighted by molar-refractivity contribution is 5.75. The topological polar surface area (TPSA) is 127 Å². The first-order valence-electron chi connectivity index (χ1n) is 29.7. The van der Waals surface area contributed by atoms with E-state index < -0.39 is 6.10 Å². The number of carbonyl (C=O) groups excluding carboxylic acids is 1. The lowest BCUT2D eigenvalue weighted by Crippen LogP contribution is -2.65. The molecular formula is C60H111NO8. The molecule has 0 aromatic carbocycles. The monoisotopic (exact) mass is 974 g/mol. The average molecular weight is 975 g/mol. The number of rotatable bonds is 40. The van der Waals surface area contributed by atoms with Crippen LogP contribution in [0.25, 0.3) is 0 Å². The van der Waals surface area contributed by atoms with Gasteiger partial charge in [-0.25, -0.2) is 0 Å². The molecule has 9 nitrogen and oxygen atoms in total. The van der Waals surface area contributed by atoms with Gasteiger partial charge in [0.15, 0.2) is 0 Å². The first-order valence-corrected chi connectivity index (χ1v) is 29.7. The van der Waals surface area contributed by atoms with Gasteiger partial charge in [-0.15, -0.1) is 0 Å². The van der Waals surface area contributed by atoms with E-state index in [9.17, 15) is 20.1 Å². The van der Waals surface area contributed by atoms with Crippen LogP contribution in [0.4, 0.5) is 0 Å². The second-order valence-electron chi connectivity index (χ2n) is 23.8.